The quantitative estimate of drug-likeness (QED) is 0.822. The summed E-state index contributed by atoms with van der Waals surface area (Å²) >= 11 is 0. The molecule has 1 fully saturated rings. The van der Waals surface area contributed by atoms with Gasteiger partial charge >= 0.3 is 0 Å². The van der Waals surface area contributed by atoms with Gasteiger partial charge in [0.05, 0.1) is 11.9 Å². The molecular formula is C13H19N3O. The molecule has 4 nitrogen and oxygen atoms in total. The Morgan fingerprint density at radius 3 is 2.82 bits per heavy atom. The van der Waals surface area contributed by atoms with Crippen LogP contribution < -0.4 is 10.6 Å². The van der Waals surface area contributed by atoms with Crippen LogP contribution in [-0.4, -0.2) is 17.9 Å². The fourth-order valence-corrected chi connectivity index (χ4v) is 1.96. The summed E-state index contributed by atoms with van der Waals surface area (Å²) in [5.74, 6) is 1.68. The maximum atomic E-state index is 11.7. The van der Waals surface area contributed by atoms with Gasteiger partial charge in [0.25, 0.3) is 0 Å². The van der Waals surface area contributed by atoms with Gasteiger partial charge in [0.2, 0.25) is 5.91 Å². The van der Waals surface area contributed by atoms with Crippen LogP contribution in [0.1, 0.15) is 32.1 Å². The molecule has 4 heteroatoms. The second kappa shape index (κ2) is 5.66. The molecule has 0 spiro atoms. The highest BCUT2D eigenvalue weighted by molar-refractivity contribution is 5.90. The standard InChI is InChI=1S/C13H19N3O/c1-14-12-7-6-11(9-15-12)16-13(17)8-5-10-3-2-4-10/h6-7,9-10H,2-5,8H2,1H3,(H,14,15)(H,16,17). The lowest BCUT2D eigenvalue weighted by atomic mass is 9.82. The Morgan fingerprint density at radius 2 is 2.29 bits per heavy atom. The van der Waals surface area contributed by atoms with Crippen LogP contribution in [0.25, 0.3) is 0 Å². The summed E-state index contributed by atoms with van der Waals surface area (Å²) in [5, 5.41) is 5.81. The lowest BCUT2D eigenvalue weighted by Crippen LogP contribution is -2.17. The Balaban J connectivity index is 1.76. The van der Waals surface area contributed by atoms with E-state index in [2.05, 4.69) is 15.6 Å². The van der Waals surface area contributed by atoms with E-state index in [4.69, 9.17) is 0 Å². The van der Waals surface area contributed by atoms with E-state index in [1.807, 2.05) is 19.2 Å². The van der Waals surface area contributed by atoms with Crippen molar-refractivity contribution in [3.63, 3.8) is 0 Å². The Bertz CT molecular complexity index is 371. The Labute approximate surface area is 102 Å². The van der Waals surface area contributed by atoms with Crippen LogP contribution in [0.3, 0.4) is 0 Å². The van der Waals surface area contributed by atoms with Gasteiger partial charge in [-0.05, 0) is 24.5 Å². The van der Waals surface area contributed by atoms with Gasteiger partial charge in [-0.1, -0.05) is 19.3 Å². The van der Waals surface area contributed by atoms with Gasteiger partial charge in [-0.2, -0.15) is 0 Å². The largest absolute Gasteiger partial charge is 0.373 e. The summed E-state index contributed by atoms with van der Waals surface area (Å²) in [6, 6.07) is 3.71. The van der Waals surface area contributed by atoms with Crippen molar-refractivity contribution in [2.75, 3.05) is 17.7 Å². The van der Waals surface area contributed by atoms with Gasteiger partial charge in [-0.25, -0.2) is 4.98 Å². The number of amides is 1. The second-order valence-corrected chi connectivity index (χ2v) is 4.57. The minimum Gasteiger partial charge on any atom is -0.373 e. The molecule has 2 rings (SSSR count). The lowest BCUT2D eigenvalue weighted by Gasteiger charge is -2.24. The normalized spacial score (nSPS) is 15.1. The van der Waals surface area contributed by atoms with Gasteiger partial charge in [0.15, 0.2) is 0 Å². The van der Waals surface area contributed by atoms with Crippen molar-refractivity contribution in [1.82, 2.24) is 4.98 Å². The first-order valence-electron chi connectivity index (χ1n) is 6.21. The van der Waals surface area contributed by atoms with Gasteiger partial charge in [-0.15, -0.1) is 0 Å². The second-order valence-electron chi connectivity index (χ2n) is 4.57. The molecule has 1 aliphatic rings. The van der Waals surface area contributed by atoms with E-state index < -0.39 is 0 Å². The van der Waals surface area contributed by atoms with Crippen molar-refractivity contribution in [2.24, 2.45) is 5.92 Å². The predicted molar refractivity (Wildman–Crippen MR) is 69.0 cm³/mol. The predicted octanol–water partition coefficient (Wildman–Crippen LogP) is 2.64. The summed E-state index contributed by atoms with van der Waals surface area (Å²) < 4.78 is 0. The van der Waals surface area contributed by atoms with Crippen LogP contribution in [0.15, 0.2) is 18.3 Å². The number of hydrogen-bond acceptors (Lipinski definition) is 3. The number of anilines is 2. The zero-order chi connectivity index (χ0) is 12.1. The highest BCUT2D eigenvalue weighted by Crippen LogP contribution is 2.30. The first-order chi connectivity index (χ1) is 8.28. The Morgan fingerprint density at radius 1 is 1.47 bits per heavy atom. The summed E-state index contributed by atoms with van der Waals surface area (Å²) in [4.78, 5) is 15.8. The van der Waals surface area contributed by atoms with E-state index in [0.29, 0.717) is 6.42 Å². The molecule has 0 atom stereocenters. The van der Waals surface area contributed by atoms with Crippen LogP contribution in [0.2, 0.25) is 0 Å². The molecular weight excluding hydrogens is 214 g/mol. The minimum absolute atomic E-state index is 0.0934. The third kappa shape index (κ3) is 3.44. The Hall–Kier alpha value is -1.58. The van der Waals surface area contributed by atoms with Gasteiger partial charge in [0, 0.05) is 13.5 Å². The highest BCUT2D eigenvalue weighted by atomic mass is 16.1. The third-order valence-electron chi connectivity index (χ3n) is 3.31. The molecule has 1 amide bonds. The molecule has 1 aromatic heterocycles. The molecule has 1 heterocycles. The van der Waals surface area contributed by atoms with E-state index in [0.717, 1.165) is 23.8 Å². The molecule has 0 saturated heterocycles. The molecule has 0 radical (unpaired) electrons. The van der Waals surface area contributed by atoms with Crippen LogP contribution in [0.5, 0.6) is 0 Å². The molecule has 1 aromatic rings. The number of nitrogens with zero attached hydrogens (tertiary/aromatic N) is 1. The van der Waals surface area contributed by atoms with Crippen molar-refractivity contribution in [3.8, 4) is 0 Å². The summed E-state index contributed by atoms with van der Waals surface area (Å²) in [6.07, 6.45) is 7.25. The number of pyridine rings is 1. The monoisotopic (exact) mass is 233 g/mol. The first-order valence-corrected chi connectivity index (χ1v) is 6.21. The first kappa shape index (κ1) is 11.9. The highest BCUT2D eigenvalue weighted by Gasteiger charge is 2.18. The molecule has 0 unspecified atom stereocenters. The molecule has 1 saturated carbocycles. The zero-order valence-electron chi connectivity index (χ0n) is 10.2. The van der Waals surface area contributed by atoms with Crippen LogP contribution in [-0.2, 0) is 4.79 Å². The number of aromatic nitrogens is 1. The van der Waals surface area contributed by atoms with Crippen molar-refractivity contribution in [3.05, 3.63) is 18.3 Å². The van der Waals surface area contributed by atoms with E-state index in [-0.39, 0.29) is 5.91 Å². The van der Waals surface area contributed by atoms with E-state index in [9.17, 15) is 4.79 Å². The maximum absolute atomic E-state index is 11.7. The fourth-order valence-electron chi connectivity index (χ4n) is 1.96. The summed E-state index contributed by atoms with van der Waals surface area (Å²) in [7, 11) is 1.82. The summed E-state index contributed by atoms with van der Waals surface area (Å²) in [6.45, 7) is 0. The average molecular weight is 233 g/mol. The van der Waals surface area contributed by atoms with E-state index >= 15 is 0 Å². The van der Waals surface area contributed by atoms with Gasteiger partial charge in [-0.3, -0.25) is 4.79 Å². The van der Waals surface area contributed by atoms with Crippen molar-refractivity contribution < 1.29 is 4.79 Å². The van der Waals surface area contributed by atoms with Crippen LogP contribution in [0, 0.1) is 5.92 Å². The van der Waals surface area contributed by atoms with E-state index in [1.165, 1.54) is 19.3 Å². The van der Waals surface area contributed by atoms with Gasteiger partial charge < -0.3 is 10.6 Å². The summed E-state index contributed by atoms with van der Waals surface area (Å²) in [5.41, 5.74) is 0.766. The fraction of sp³-hybridized carbons (Fsp3) is 0.538. The SMILES string of the molecule is CNc1ccc(NC(=O)CCC2CCC2)cn1. The van der Waals surface area contributed by atoms with Crippen LogP contribution >= 0.6 is 0 Å². The molecule has 0 aromatic carbocycles. The smallest absolute Gasteiger partial charge is 0.224 e. The molecule has 2 N–H and O–H groups in total. The number of carbonyl (C=O) groups is 1. The number of rotatable bonds is 5. The number of hydrogen-bond donors (Lipinski definition) is 2. The van der Waals surface area contributed by atoms with Crippen molar-refractivity contribution >= 4 is 17.4 Å². The number of nitrogens with one attached hydrogen (secondary N) is 2. The average Bonchev–Trinajstić information content (AvgIpc) is 2.28. The molecule has 1 aliphatic carbocycles. The van der Waals surface area contributed by atoms with Crippen molar-refractivity contribution in [1.29, 1.82) is 0 Å². The molecule has 0 bridgehead atoms. The third-order valence-corrected chi connectivity index (χ3v) is 3.31. The molecule has 17 heavy (non-hydrogen) atoms. The van der Waals surface area contributed by atoms with Gasteiger partial charge in [0.1, 0.15) is 5.82 Å². The lowest BCUT2D eigenvalue weighted by molar-refractivity contribution is -0.116. The maximum Gasteiger partial charge on any atom is 0.224 e. The van der Waals surface area contributed by atoms with Crippen molar-refractivity contribution in [2.45, 2.75) is 32.1 Å². The number of carbonyl (C=O) groups excluding carboxylic acids is 1. The van der Waals surface area contributed by atoms with E-state index in [1.54, 1.807) is 6.20 Å². The Kier molecular flexibility index (Phi) is 3.96. The minimum atomic E-state index is 0.0934. The zero-order valence-corrected chi connectivity index (χ0v) is 10.2. The molecule has 92 valence electrons. The van der Waals surface area contributed by atoms with Crippen LogP contribution in [0.4, 0.5) is 11.5 Å². The molecule has 0 aliphatic heterocycles. The topological polar surface area (TPSA) is 54.0 Å².